The van der Waals surface area contributed by atoms with Crippen LogP contribution in [0.5, 0.6) is 0 Å². The highest BCUT2D eigenvalue weighted by Gasteiger charge is 2.35. The van der Waals surface area contributed by atoms with Crippen molar-refractivity contribution < 1.29 is 13.9 Å². The number of esters is 1. The van der Waals surface area contributed by atoms with E-state index in [4.69, 9.17) is 10.00 Å². The van der Waals surface area contributed by atoms with Crippen molar-refractivity contribution in [2.24, 2.45) is 7.05 Å². The summed E-state index contributed by atoms with van der Waals surface area (Å²) >= 11 is 0. The second-order valence-corrected chi connectivity index (χ2v) is 4.86. The van der Waals surface area contributed by atoms with Crippen LogP contribution in [0.3, 0.4) is 0 Å². The number of hydrogen-bond donors (Lipinski definition) is 0. The molecule has 0 saturated heterocycles. The van der Waals surface area contributed by atoms with Gasteiger partial charge in [-0.05, 0) is 19.1 Å². The van der Waals surface area contributed by atoms with Gasteiger partial charge in [-0.2, -0.15) is 5.26 Å². The van der Waals surface area contributed by atoms with E-state index in [1.807, 2.05) is 0 Å². The van der Waals surface area contributed by atoms with Crippen LogP contribution < -0.4 is 0 Å². The van der Waals surface area contributed by atoms with Crippen molar-refractivity contribution in [2.75, 3.05) is 0 Å². The zero-order valence-corrected chi connectivity index (χ0v) is 11.9. The van der Waals surface area contributed by atoms with Crippen LogP contribution in [0, 0.1) is 17.1 Å². The van der Waals surface area contributed by atoms with Gasteiger partial charge in [0.1, 0.15) is 17.6 Å². The Balaban J connectivity index is 2.58. The van der Waals surface area contributed by atoms with Crippen molar-refractivity contribution >= 4 is 5.97 Å². The van der Waals surface area contributed by atoms with Crippen LogP contribution in [0.15, 0.2) is 30.7 Å². The number of nitrogens with zero attached hydrogens (tertiary/aromatic N) is 3. The van der Waals surface area contributed by atoms with E-state index in [0.717, 1.165) is 0 Å². The molecule has 2 rings (SSSR count). The first kappa shape index (κ1) is 14.7. The van der Waals surface area contributed by atoms with Crippen LogP contribution in [0.2, 0.25) is 0 Å². The number of halogens is 1. The Bertz CT molecular complexity index is 733. The molecule has 5 nitrogen and oxygen atoms in total. The van der Waals surface area contributed by atoms with Gasteiger partial charge in [-0.3, -0.25) is 4.79 Å². The average molecular weight is 287 g/mol. The largest absolute Gasteiger partial charge is 0.448 e. The number of aryl methyl sites for hydroxylation is 1. The molecule has 0 aliphatic heterocycles. The minimum Gasteiger partial charge on any atom is -0.448 e. The normalized spacial score (nSPS) is 13.3. The number of carbonyl (C=O) groups is 1. The van der Waals surface area contributed by atoms with Gasteiger partial charge in [-0.15, -0.1) is 0 Å². The number of imidazole rings is 1. The highest BCUT2D eigenvalue weighted by atomic mass is 19.1. The average Bonchev–Trinajstić information content (AvgIpc) is 2.85. The van der Waals surface area contributed by atoms with E-state index >= 15 is 0 Å². The van der Waals surface area contributed by atoms with Gasteiger partial charge in [0.05, 0.1) is 11.9 Å². The molecule has 6 heteroatoms. The van der Waals surface area contributed by atoms with Gasteiger partial charge in [0.2, 0.25) is 0 Å². The van der Waals surface area contributed by atoms with Crippen LogP contribution in [0.4, 0.5) is 4.39 Å². The van der Waals surface area contributed by atoms with Crippen LogP contribution in [0.1, 0.15) is 30.7 Å². The number of benzene rings is 1. The molecule has 0 bridgehead atoms. The second-order valence-electron chi connectivity index (χ2n) is 4.86. The van der Waals surface area contributed by atoms with Gasteiger partial charge in [-0.1, -0.05) is 6.07 Å². The molecule has 1 heterocycles. The Kier molecular flexibility index (Phi) is 3.76. The summed E-state index contributed by atoms with van der Waals surface area (Å²) in [5.74, 6) is -1.17. The van der Waals surface area contributed by atoms with Crippen molar-refractivity contribution in [1.29, 1.82) is 5.26 Å². The third-order valence-corrected chi connectivity index (χ3v) is 3.18. The number of carbonyl (C=O) groups excluding carboxylic acids is 1. The van der Waals surface area contributed by atoms with Crippen LogP contribution >= 0.6 is 0 Å². The summed E-state index contributed by atoms with van der Waals surface area (Å²) in [7, 11) is 1.78. The molecule has 1 aromatic carbocycles. The second kappa shape index (κ2) is 5.37. The topological polar surface area (TPSA) is 67.9 Å². The fourth-order valence-electron chi connectivity index (χ4n) is 2.11. The molecule has 0 saturated carbocycles. The van der Waals surface area contributed by atoms with Gasteiger partial charge in [0, 0.05) is 25.7 Å². The SMILES string of the molecule is CC(=O)OC(C)(c1ccc(C#N)c(F)c1)c1cn(C)cn1. The van der Waals surface area contributed by atoms with E-state index in [2.05, 4.69) is 4.98 Å². The van der Waals surface area contributed by atoms with Crippen molar-refractivity contribution in [2.45, 2.75) is 19.4 Å². The minimum atomic E-state index is -1.22. The zero-order valence-electron chi connectivity index (χ0n) is 11.9. The first-order chi connectivity index (χ1) is 9.86. The molecule has 2 aromatic rings. The fourth-order valence-corrected chi connectivity index (χ4v) is 2.11. The van der Waals surface area contributed by atoms with Crippen LogP contribution in [0.25, 0.3) is 0 Å². The van der Waals surface area contributed by atoms with Crippen molar-refractivity contribution in [3.8, 4) is 6.07 Å². The quantitative estimate of drug-likeness (QED) is 0.812. The molecule has 1 aromatic heterocycles. The van der Waals surface area contributed by atoms with Crippen molar-refractivity contribution in [3.05, 3.63) is 53.4 Å². The van der Waals surface area contributed by atoms with Gasteiger partial charge in [-0.25, -0.2) is 9.37 Å². The van der Waals surface area contributed by atoms with Gasteiger partial charge in [0.25, 0.3) is 0 Å². The predicted molar refractivity (Wildman–Crippen MR) is 72.5 cm³/mol. The predicted octanol–water partition coefficient (Wildman–Crippen LogP) is 2.26. The molecule has 0 aliphatic rings. The number of hydrogen-bond acceptors (Lipinski definition) is 4. The standard InChI is InChI=1S/C15H14FN3O2/c1-10(20)21-15(2,14-8-19(3)9-18-14)12-5-4-11(7-17)13(16)6-12/h4-6,8-9H,1-3H3. The van der Waals surface area contributed by atoms with Crippen molar-refractivity contribution in [3.63, 3.8) is 0 Å². The van der Waals surface area contributed by atoms with Gasteiger partial charge < -0.3 is 9.30 Å². The Morgan fingerprint density at radius 2 is 2.24 bits per heavy atom. The maximum absolute atomic E-state index is 13.9. The Morgan fingerprint density at radius 3 is 2.71 bits per heavy atom. The summed E-state index contributed by atoms with van der Waals surface area (Å²) in [6, 6.07) is 5.86. The molecule has 1 atom stereocenters. The molecule has 0 amide bonds. The van der Waals surface area contributed by atoms with Crippen LogP contribution in [-0.2, 0) is 22.2 Å². The van der Waals surface area contributed by atoms with E-state index in [9.17, 15) is 9.18 Å². The molecule has 0 radical (unpaired) electrons. The molecule has 0 N–H and O–H groups in total. The molecule has 1 unspecified atom stereocenters. The highest BCUT2D eigenvalue weighted by molar-refractivity contribution is 5.67. The number of ether oxygens (including phenoxy) is 1. The summed E-state index contributed by atoms with van der Waals surface area (Å²) in [5.41, 5.74) is -0.399. The molecule has 0 spiro atoms. The first-order valence-electron chi connectivity index (χ1n) is 6.25. The summed E-state index contributed by atoms with van der Waals surface area (Å²) < 4.78 is 20.9. The number of rotatable bonds is 3. The fraction of sp³-hybridized carbons (Fsp3) is 0.267. The Morgan fingerprint density at radius 1 is 1.52 bits per heavy atom. The maximum Gasteiger partial charge on any atom is 0.303 e. The molecule has 0 aliphatic carbocycles. The Labute approximate surface area is 121 Å². The monoisotopic (exact) mass is 287 g/mol. The number of nitriles is 1. The third-order valence-electron chi connectivity index (χ3n) is 3.18. The lowest BCUT2D eigenvalue weighted by atomic mass is 9.91. The molecule has 0 fully saturated rings. The van der Waals surface area contributed by atoms with Crippen LogP contribution in [-0.4, -0.2) is 15.5 Å². The molecular weight excluding hydrogens is 273 g/mol. The zero-order chi connectivity index (χ0) is 15.6. The maximum atomic E-state index is 13.9. The van der Waals surface area contributed by atoms with E-state index in [0.29, 0.717) is 11.3 Å². The van der Waals surface area contributed by atoms with E-state index in [1.165, 1.54) is 19.1 Å². The Hall–Kier alpha value is -2.68. The van der Waals surface area contributed by atoms with Crippen molar-refractivity contribution in [1.82, 2.24) is 9.55 Å². The highest BCUT2D eigenvalue weighted by Crippen LogP contribution is 2.33. The summed E-state index contributed by atoms with van der Waals surface area (Å²) in [5, 5.41) is 8.79. The lowest BCUT2D eigenvalue weighted by Gasteiger charge is -2.28. The summed E-state index contributed by atoms with van der Waals surface area (Å²) in [6.07, 6.45) is 3.26. The molecular formula is C15H14FN3O2. The smallest absolute Gasteiger partial charge is 0.303 e. The molecule has 108 valence electrons. The molecule has 21 heavy (non-hydrogen) atoms. The van der Waals surface area contributed by atoms with E-state index in [1.54, 1.807) is 43.2 Å². The van der Waals surface area contributed by atoms with E-state index in [-0.39, 0.29) is 5.56 Å². The lowest BCUT2D eigenvalue weighted by molar-refractivity contribution is -0.152. The third kappa shape index (κ3) is 2.77. The lowest BCUT2D eigenvalue weighted by Crippen LogP contribution is -2.30. The van der Waals surface area contributed by atoms with Gasteiger partial charge >= 0.3 is 5.97 Å². The first-order valence-corrected chi connectivity index (χ1v) is 6.25. The summed E-state index contributed by atoms with van der Waals surface area (Å²) in [4.78, 5) is 15.6. The van der Waals surface area contributed by atoms with Gasteiger partial charge in [0.15, 0.2) is 5.60 Å². The van der Waals surface area contributed by atoms with E-state index < -0.39 is 17.4 Å². The summed E-state index contributed by atoms with van der Waals surface area (Å²) in [6.45, 7) is 2.92. The number of aromatic nitrogens is 2. The minimum absolute atomic E-state index is 0.0649.